The van der Waals surface area contributed by atoms with Gasteiger partial charge in [-0.2, -0.15) is 0 Å². The molecular formula is C21H26O5Si. The number of phenolic OH excluding ortho intramolecular Hbond substituents is 2. The Morgan fingerprint density at radius 2 is 1.74 bits per heavy atom. The molecule has 0 fully saturated rings. The lowest BCUT2D eigenvalue weighted by molar-refractivity contribution is 0.0845. The monoisotopic (exact) mass is 386 g/mol. The lowest BCUT2D eigenvalue weighted by Gasteiger charge is -2.37. The summed E-state index contributed by atoms with van der Waals surface area (Å²) in [5, 5.41) is 19.9. The van der Waals surface area contributed by atoms with E-state index in [1.54, 1.807) is 30.3 Å². The Balaban J connectivity index is 1.94. The molecule has 2 aromatic carbocycles. The lowest BCUT2D eigenvalue weighted by Crippen LogP contribution is -2.43. The average molecular weight is 387 g/mol. The molecule has 3 rings (SSSR count). The molecule has 0 aliphatic carbocycles. The smallest absolute Gasteiger partial charge is 0.250 e. The van der Waals surface area contributed by atoms with Crippen LogP contribution in [0.25, 0.3) is 0 Å². The van der Waals surface area contributed by atoms with Gasteiger partial charge in [0.1, 0.15) is 34.7 Å². The molecule has 0 spiro atoms. The number of aromatic hydroxyl groups is 2. The highest BCUT2D eigenvalue weighted by Gasteiger charge is 2.39. The van der Waals surface area contributed by atoms with Gasteiger partial charge in [-0.25, -0.2) is 0 Å². The van der Waals surface area contributed by atoms with E-state index in [2.05, 4.69) is 33.9 Å². The normalized spacial score (nSPS) is 17.2. The highest BCUT2D eigenvalue weighted by molar-refractivity contribution is 6.74. The Labute approximate surface area is 160 Å². The van der Waals surface area contributed by atoms with Crippen molar-refractivity contribution in [1.29, 1.82) is 0 Å². The molecule has 0 bridgehead atoms. The third-order valence-corrected chi connectivity index (χ3v) is 9.78. The first-order valence-corrected chi connectivity index (χ1v) is 11.9. The topological polar surface area (TPSA) is 76.0 Å². The van der Waals surface area contributed by atoms with Crippen LogP contribution in [0, 0.1) is 0 Å². The Bertz CT molecular complexity index is 865. The average Bonchev–Trinajstić information content (AvgIpc) is 2.53. The fraction of sp³-hybridized carbons (Fsp3) is 0.381. The summed E-state index contributed by atoms with van der Waals surface area (Å²) in [5.74, 6) is 0.708. The van der Waals surface area contributed by atoms with Crippen LogP contribution in [0.1, 0.15) is 49.2 Å². The number of Topliss-reactive ketones (excluding diaryl/α,β-unsaturated/α-hetero) is 1. The second-order valence-corrected chi connectivity index (χ2v) is 13.2. The molecule has 1 aliphatic heterocycles. The molecule has 1 aliphatic rings. The van der Waals surface area contributed by atoms with Crippen LogP contribution in [0.3, 0.4) is 0 Å². The molecule has 0 amide bonds. The molecule has 1 heterocycles. The van der Waals surface area contributed by atoms with E-state index in [1.807, 2.05) is 0 Å². The van der Waals surface area contributed by atoms with Crippen molar-refractivity contribution in [1.82, 2.24) is 0 Å². The van der Waals surface area contributed by atoms with Crippen LogP contribution < -0.4 is 9.16 Å². The Morgan fingerprint density at radius 1 is 1.11 bits per heavy atom. The minimum Gasteiger partial charge on any atom is -0.543 e. The molecule has 0 radical (unpaired) electrons. The maximum atomic E-state index is 12.6. The summed E-state index contributed by atoms with van der Waals surface area (Å²) >= 11 is 0. The van der Waals surface area contributed by atoms with Crippen molar-refractivity contribution in [3.8, 4) is 23.0 Å². The number of carbonyl (C=O) groups is 1. The maximum absolute atomic E-state index is 12.6. The number of hydrogen-bond acceptors (Lipinski definition) is 5. The van der Waals surface area contributed by atoms with E-state index in [0.717, 1.165) is 5.56 Å². The van der Waals surface area contributed by atoms with Gasteiger partial charge in [0, 0.05) is 12.1 Å². The SMILES string of the molecule is CC(C)(C)[Si](C)(C)Oc1cc(O)c2c(c1)OC(c1ccc(O)cc1)CC2=O. The molecule has 2 aromatic rings. The van der Waals surface area contributed by atoms with Crippen LogP contribution >= 0.6 is 0 Å². The van der Waals surface area contributed by atoms with Gasteiger partial charge in [-0.05, 0) is 35.8 Å². The van der Waals surface area contributed by atoms with Gasteiger partial charge in [-0.1, -0.05) is 32.9 Å². The van der Waals surface area contributed by atoms with Crippen molar-refractivity contribution in [3.63, 3.8) is 0 Å². The van der Waals surface area contributed by atoms with Crippen molar-refractivity contribution >= 4 is 14.1 Å². The standard InChI is InChI=1S/C21H26O5Si/c1-21(2,3)27(4,5)26-15-10-16(23)20-17(24)12-18(25-19(20)11-15)13-6-8-14(22)9-7-13/h6-11,18,22-23H,12H2,1-5H3. The zero-order valence-corrected chi connectivity index (χ0v) is 17.4. The summed E-state index contributed by atoms with van der Waals surface area (Å²) in [7, 11) is -2.10. The van der Waals surface area contributed by atoms with Gasteiger partial charge in [0.25, 0.3) is 0 Å². The molecule has 144 valence electrons. The van der Waals surface area contributed by atoms with Crippen molar-refractivity contribution in [2.45, 2.75) is 51.4 Å². The number of fused-ring (bicyclic) bond motifs is 1. The Kier molecular flexibility index (Phi) is 4.72. The van der Waals surface area contributed by atoms with Gasteiger partial charge in [0.05, 0.1) is 6.42 Å². The summed E-state index contributed by atoms with van der Waals surface area (Å²) in [4.78, 5) is 12.6. The number of rotatable bonds is 3. The van der Waals surface area contributed by atoms with Crippen molar-refractivity contribution in [2.75, 3.05) is 0 Å². The predicted octanol–water partition coefficient (Wildman–Crippen LogP) is 5.19. The van der Waals surface area contributed by atoms with Crippen LogP contribution in [0.15, 0.2) is 36.4 Å². The van der Waals surface area contributed by atoms with Gasteiger partial charge in [-0.15, -0.1) is 0 Å². The summed E-state index contributed by atoms with van der Waals surface area (Å²) in [6.45, 7) is 10.7. The molecule has 2 N–H and O–H groups in total. The van der Waals surface area contributed by atoms with Gasteiger partial charge >= 0.3 is 0 Å². The summed E-state index contributed by atoms with van der Waals surface area (Å²) in [6.07, 6.45) is -0.332. The highest BCUT2D eigenvalue weighted by Crippen LogP contribution is 2.44. The number of ether oxygens (including phenoxy) is 1. The van der Waals surface area contributed by atoms with Crippen molar-refractivity contribution in [3.05, 3.63) is 47.5 Å². The van der Waals surface area contributed by atoms with Crippen LogP contribution in [0.4, 0.5) is 0 Å². The molecule has 6 heteroatoms. The van der Waals surface area contributed by atoms with Gasteiger partial charge in [-0.3, -0.25) is 4.79 Å². The molecule has 1 atom stereocenters. The second kappa shape index (κ2) is 6.60. The number of ketones is 1. The van der Waals surface area contributed by atoms with Crippen LogP contribution in [0.5, 0.6) is 23.0 Å². The van der Waals surface area contributed by atoms with E-state index in [1.165, 1.54) is 6.07 Å². The first-order valence-electron chi connectivity index (χ1n) is 9.03. The molecule has 0 saturated heterocycles. The zero-order valence-electron chi connectivity index (χ0n) is 16.4. The number of hydrogen-bond donors (Lipinski definition) is 2. The summed E-state index contributed by atoms with van der Waals surface area (Å²) in [6, 6.07) is 9.78. The maximum Gasteiger partial charge on any atom is 0.250 e. The minimum absolute atomic E-state index is 0.00374. The summed E-state index contributed by atoms with van der Waals surface area (Å²) < 4.78 is 12.3. The van der Waals surface area contributed by atoms with Gasteiger partial charge < -0.3 is 19.4 Å². The largest absolute Gasteiger partial charge is 0.543 e. The van der Waals surface area contributed by atoms with E-state index >= 15 is 0 Å². The fourth-order valence-corrected chi connectivity index (χ4v) is 3.81. The Hall–Kier alpha value is -2.47. The fourth-order valence-electron chi connectivity index (χ4n) is 2.80. The first-order chi connectivity index (χ1) is 12.5. The third-order valence-electron chi connectivity index (χ3n) is 5.42. The molecule has 0 saturated carbocycles. The molecule has 27 heavy (non-hydrogen) atoms. The first kappa shape index (κ1) is 19.3. The third kappa shape index (κ3) is 3.81. The van der Waals surface area contributed by atoms with Crippen molar-refractivity contribution in [2.24, 2.45) is 0 Å². The van der Waals surface area contributed by atoms with E-state index in [0.29, 0.717) is 11.5 Å². The molecule has 0 aromatic heterocycles. The number of carbonyl (C=O) groups excluding carboxylic acids is 1. The number of benzene rings is 2. The molecule has 5 nitrogen and oxygen atoms in total. The van der Waals surface area contributed by atoms with Gasteiger partial charge in [0.15, 0.2) is 5.78 Å². The predicted molar refractivity (Wildman–Crippen MR) is 106 cm³/mol. The van der Waals surface area contributed by atoms with E-state index < -0.39 is 14.4 Å². The van der Waals surface area contributed by atoms with Gasteiger partial charge in [0.2, 0.25) is 8.32 Å². The van der Waals surface area contributed by atoms with Crippen LogP contribution in [0.2, 0.25) is 18.1 Å². The quantitative estimate of drug-likeness (QED) is 0.710. The van der Waals surface area contributed by atoms with E-state index in [9.17, 15) is 15.0 Å². The van der Waals surface area contributed by atoms with E-state index in [-0.39, 0.29) is 34.3 Å². The number of phenols is 2. The molecule has 1 unspecified atom stereocenters. The minimum atomic E-state index is -2.10. The Morgan fingerprint density at radius 3 is 2.33 bits per heavy atom. The lowest BCUT2D eigenvalue weighted by atomic mass is 9.95. The second-order valence-electron chi connectivity index (χ2n) is 8.50. The molecular weight excluding hydrogens is 360 g/mol. The van der Waals surface area contributed by atoms with Crippen LogP contribution in [-0.4, -0.2) is 24.3 Å². The summed E-state index contributed by atoms with van der Waals surface area (Å²) in [5.41, 5.74) is 0.995. The zero-order chi connectivity index (χ0) is 20.0. The highest BCUT2D eigenvalue weighted by atomic mass is 28.4. The van der Waals surface area contributed by atoms with Crippen LogP contribution in [-0.2, 0) is 0 Å². The van der Waals surface area contributed by atoms with Crippen molar-refractivity contribution < 1.29 is 24.2 Å². The van der Waals surface area contributed by atoms with E-state index in [4.69, 9.17) is 9.16 Å².